The second-order valence-electron chi connectivity index (χ2n) is 10.4. The summed E-state index contributed by atoms with van der Waals surface area (Å²) in [6.07, 6.45) is -2.39. The lowest BCUT2D eigenvalue weighted by molar-refractivity contribution is -0.192. The van der Waals surface area contributed by atoms with Gasteiger partial charge in [0.2, 0.25) is 15.9 Å². The second-order valence-corrected chi connectivity index (χ2v) is 12.3. The van der Waals surface area contributed by atoms with Gasteiger partial charge >= 0.3 is 12.1 Å². The standard InChI is InChI=1S/C28H33N3O4S.C2HF3O2/c1-18-13-22(32)14-19(2)23(18)17-25(29)28(33)30-26-11-12-31(36(3,34)35)27-10-9-21(16-24(26)27)15-20-7-5-4-6-8-20;3-2(4,5)1(6)7/h4-10,13-14,16,25-26,32H,11-12,15,17,29H2,1-3H3,(H,30,33);(H,6,7)/t25-,26+;/m0./s1. The minimum atomic E-state index is -5.08. The number of nitrogens with two attached hydrogens (primary N) is 1. The molecule has 1 aliphatic rings. The maximum atomic E-state index is 13.2. The minimum Gasteiger partial charge on any atom is -0.508 e. The molecule has 3 aromatic carbocycles. The monoisotopic (exact) mass is 621 g/mol. The fraction of sp³-hybridized carbons (Fsp3) is 0.333. The molecule has 0 unspecified atom stereocenters. The van der Waals surface area contributed by atoms with Crippen molar-refractivity contribution in [3.05, 3.63) is 94.0 Å². The number of carbonyl (C=O) groups is 2. The molecule has 0 saturated heterocycles. The van der Waals surface area contributed by atoms with Crippen LogP contribution in [0.5, 0.6) is 5.75 Å². The van der Waals surface area contributed by atoms with Crippen molar-refractivity contribution in [2.75, 3.05) is 17.1 Å². The number of hydrogen-bond acceptors (Lipinski definition) is 6. The van der Waals surface area contributed by atoms with Crippen LogP contribution in [0.1, 0.15) is 45.8 Å². The Morgan fingerprint density at radius 1 is 1.05 bits per heavy atom. The normalized spacial score (nSPS) is 15.5. The Kier molecular flexibility index (Phi) is 10.5. The molecule has 2 atom stereocenters. The van der Waals surface area contributed by atoms with Crippen molar-refractivity contribution in [2.24, 2.45) is 5.73 Å². The summed E-state index contributed by atoms with van der Waals surface area (Å²) in [6, 6.07) is 18.0. The fourth-order valence-corrected chi connectivity index (χ4v) is 5.91. The van der Waals surface area contributed by atoms with E-state index in [0.29, 0.717) is 24.9 Å². The molecule has 0 aromatic heterocycles. The molecule has 1 heterocycles. The van der Waals surface area contributed by atoms with Crippen LogP contribution in [0.15, 0.2) is 60.7 Å². The van der Waals surface area contributed by atoms with Gasteiger partial charge in [0.25, 0.3) is 0 Å². The Morgan fingerprint density at radius 2 is 1.63 bits per heavy atom. The summed E-state index contributed by atoms with van der Waals surface area (Å²) in [5.41, 5.74) is 12.6. The third-order valence-corrected chi connectivity index (χ3v) is 8.19. The van der Waals surface area contributed by atoms with E-state index in [1.54, 1.807) is 12.1 Å². The van der Waals surface area contributed by atoms with Gasteiger partial charge in [-0.25, -0.2) is 13.2 Å². The number of fused-ring (bicyclic) bond motifs is 1. The predicted molar refractivity (Wildman–Crippen MR) is 156 cm³/mol. The molecule has 1 aliphatic heterocycles. The summed E-state index contributed by atoms with van der Waals surface area (Å²) >= 11 is 0. The van der Waals surface area contributed by atoms with E-state index in [2.05, 4.69) is 5.32 Å². The highest BCUT2D eigenvalue weighted by Crippen LogP contribution is 2.36. The molecule has 13 heteroatoms. The van der Waals surface area contributed by atoms with Gasteiger partial charge in [0.05, 0.1) is 24.0 Å². The quantitative estimate of drug-likeness (QED) is 0.310. The number of phenolic OH excluding ortho intramolecular Hbond substituents is 1. The van der Waals surface area contributed by atoms with Crippen molar-refractivity contribution in [1.82, 2.24) is 5.32 Å². The van der Waals surface area contributed by atoms with E-state index in [0.717, 1.165) is 33.4 Å². The number of phenols is 1. The van der Waals surface area contributed by atoms with Crippen molar-refractivity contribution in [1.29, 1.82) is 0 Å². The number of aryl methyl sites for hydroxylation is 2. The summed E-state index contributed by atoms with van der Waals surface area (Å²) in [6.45, 7) is 4.05. The van der Waals surface area contributed by atoms with Gasteiger partial charge in [-0.15, -0.1) is 0 Å². The number of carboxylic acid groups (broad SMARTS) is 1. The topological polar surface area (TPSA) is 150 Å². The van der Waals surface area contributed by atoms with Crippen molar-refractivity contribution < 1.29 is 41.4 Å². The van der Waals surface area contributed by atoms with E-state index in [9.17, 15) is 31.5 Å². The summed E-state index contributed by atoms with van der Waals surface area (Å²) in [5.74, 6) is -2.86. The summed E-state index contributed by atoms with van der Waals surface area (Å²) in [4.78, 5) is 22.0. The van der Waals surface area contributed by atoms with Crippen molar-refractivity contribution >= 4 is 27.6 Å². The molecule has 0 saturated carbocycles. The van der Waals surface area contributed by atoms with E-state index in [1.165, 1.54) is 10.6 Å². The van der Waals surface area contributed by atoms with Gasteiger partial charge in [0, 0.05) is 6.54 Å². The van der Waals surface area contributed by atoms with Crippen molar-refractivity contribution in [2.45, 2.75) is 51.4 Å². The lowest BCUT2D eigenvalue weighted by Gasteiger charge is -2.35. The largest absolute Gasteiger partial charge is 0.508 e. The first-order chi connectivity index (χ1) is 20.0. The molecule has 3 aromatic rings. The highest BCUT2D eigenvalue weighted by atomic mass is 32.2. The number of halogens is 3. The first-order valence-electron chi connectivity index (χ1n) is 13.3. The van der Waals surface area contributed by atoms with Crippen LogP contribution in [0.4, 0.5) is 18.9 Å². The number of anilines is 1. The predicted octanol–water partition coefficient (Wildman–Crippen LogP) is 4.13. The number of carboxylic acids is 1. The number of benzene rings is 3. The third-order valence-electron chi connectivity index (χ3n) is 7.01. The molecular weight excluding hydrogens is 587 g/mol. The van der Waals surface area contributed by atoms with Crippen molar-refractivity contribution in [3.63, 3.8) is 0 Å². The number of aromatic hydroxyl groups is 1. The van der Waals surface area contributed by atoms with Crippen LogP contribution in [0, 0.1) is 13.8 Å². The molecule has 0 radical (unpaired) electrons. The lowest BCUT2D eigenvalue weighted by Crippen LogP contribution is -2.46. The van der Waals surface area contributed by atoms with Gasteiger partial charge in [-0.1, -0.05) is 42.5 Å². The van der Waals surface area contributed by atoms with Crippen LogP contribution < -0.4 is 15.4 Å². The molecule has 0 spiro atoms. The van der Waals surface area contributed by atoms with Gasteiger partial charge < -0.3 is 21.3 Å². The van der Waals surface area contributed by atoms with E-state index >= 15 is 0 Å². The van der Waals surface area contributed by atoms with Crippen LogP contribution in [0.25, 0.3) is 0 Å². The number of nitrogens with one attached hydrogen (secondary N) is 1. The number of carbonyl (C=O) groups excluding carboxylic acids is 1. The molecule has 9 nitrogen and oxygen atoms in total. The molecule has 0 bridgehead atoms. The average molecular weight is 622 g/mol. The lowest BCUT2D eigenvalue weighted by atomic mass is 9.92. The number of amides is 1. The molecule has 4 rings (SSSR count). The number of nitrogens with zero attached hydrogens (tertiary/aromatic N) is 1. The first kappa shape index (κ1) is 33.4. The molecular formula is C30H34F3N3O6S. The Morgan fingerprint density at radius 3 is 2.16 bits per heavy atom. The second kappa shape index (κ2) is 13.5. The highest BCUT2D eigenvalue weighted by molar-refractivity contribution is 7.92. The zero-order valence-corrected chi connectivity index (χ0v) is 24.7. The van der Waals surface area contributed by atoms with Gasteiger partial charge in [-0.3, -0.25) is 9.10 Å². The SMILES string of the molecule is Cc1cc(O)cc(C)c1C[C@H](N)C(=O)N[C@@H]1CCN(S(C)(=O)=O)c2ccc(Cc3ccccc3)cc21.O=C(O)C(F)(F)F. The Hall–Kier alpha value is -4.10. The maximum Gasteiger partial charge on any atom is 0.490 e. The van der Waals surface area contributed by atoms with Crippen LogP contribution in [-0.4, -0.2) is 55.5 Å². The average Bonchev–Trinajstić information content (AvgIpc) is 2.90. The number of sulfonamides is 1. The number of hydrogen-bond donors (Lipinski definition) is 4. The maximum absolute atomic E-state index is 13.2. The van der Waals surface area contributed by atoms with Crippen LogP contribution in [0.2, 0.25) is 0 Å². The molecule has 1 amide bonds. The first-order valence-corrected chi connectivity index (χ1v) is 15.1. The third kappa shape index (κ3) is 8.94. The van der Waals surface area contributed by atoms with E-state index in [1.807, 2.05) is 62.4 Å². The van der Waals surface area contributed by atoms with Crippen LogP contribution in [0.3, 0.4) is 0 Å². The molecule has 43 heavy (non-hydrogen) atoms. The van der Waals surface area contributed by atoms with E-state index < -0.39 is 28.2 Å². The smallest absolute Gasteiger partial charge is 0.490 e. The van der Waals surface area contributed by atoms with Gasteiger partial charge in [-0.05, 0) is 84.7 Å². The van der Waals surface area contributed by atoms with E-state index in [4.69, 9.17) is 15.6 Å². The number of aliphatic carboxylic acids is 1. The fourth-order valence-electron chi connectivity index (χ4n) is 4.95. The summed E-state index contributed by atoms with van der Waals surface area (Å²) in [5, 5.41) is 20.0. The Labute approximate surface area is 248 Å². The van der Waals surface area contributed by atoms with Gasteiger partial charge in [0.15, 0.2) is 0 Å². The van der Waals surface area contributed by atoms with Crippen LogP contribution in [-0.2, 0) is 32.5 Å². The molecule has 5 N–H and O–H groups in total. The summed E-state index contributed by atoms with van der Waals surface area (Å²) < 4.78 is 58.0. The zero-order chi connectivity index (χ0) is 32.1. The molecule has 0 fully saturated rings. The van der Waals surface area contributed by atoms with Crippen molar-refractivity contribution in [3.8, 4) is 5.75 Å². The zero-order valence-electron chi connectivity index (χ0n) is 23.9. The van der Waals surface area contributed by atoms with Gasteiger partial charge in [0.1, 0.15) is 5.75 Å². The Bertz CT molecular complexity index is 1560. The minimum absolute atomic E-state index is 0.187. The number of alkyl halides is 3. The molecule has 232 valence electrons. The van der Waals surface area contributed by atoms with Gasteiger partial charge in [-0.2, -0.15) is 13.2 Å². The van der Waals surface area contributed by atoms with Crippen LogP contribution >= 0.6 is 0 Å². The summed E-state index contributed by atoms with van der Waals surface area (Å²) in [7, 11) is -3.46. The van der Waals surface area contributed by atoms with E-state index in [-0.39, 0.29) is 24.2 Å². The molecule has 0 aliphatic carbocycles. The highest BCUT2D eigenvalue weighted by Gasteiger charge is 2.38. The number of rotatable bonds is 7. The Balaban J connectivity index is 0.000000646.